The molecule has 24 heavy (non-hydrogen) atoms. The summed E-state index contributed by atoms with van der Waals surface area (Å²) in [6, 6.07) is 14.9. The lowest BCUT2D eigenvalue weighted by Gasteiger charge is -2.42. The van der Waals surface area contributed by atoms with Crippen LogP contribution in [0.3, 0.4) is 0 Å². The van der Waals surface area contributed by atoms with E-state index in [1.807, 2.05) is 42.5 Å². The first-order valence-corrected chi connectivity index (χ1v) is 8.36. The first-order chi connectivity index (χ1) is 11.5. The first-order valence-electron chi connectivity index (χ1n) is 7.65. The fourth-order valence-corrected chi connectivity index (χ4v) is 4.29. The lowest BCUT2D eigenvalue weighted by atomic mass is 9.65. The van der Waals surface area contributed by atoms with Crippen molar-refractivity contribution in [2.45, 2.75) is 17.8 Å². The predicted molar refractivity (Wildman–Crippen MR) is 93.1 cm³/mol. The molecule has 2 aromatic rings. The molecule has 122 valence electrons. The molecule has 2 aliphatic rings. The highest BCUT2D eigenvalue weighted by molar-refractivity contribution is 6.30. The lowest BCUT2D eigenvalue weighted by molar-refractivity contribution is -0.134. The van der Waals surface area contributed by atoms with E-state index in [9.17, 15) is 9.59 Å². The van der Waals surface area contributed by atoms with E-state index in [0.717, 1.165) is 21.2 Å². The van der Waals surface area contributed by atoms with Gasteiger partial charge in [-0.05, 0) is 29.3 Å². The number of nitrogens with one attached hydrogen (secondary N) is 1. The van der Waals surface area contributed by atoms with Crippen molar-refractivity contribution in [3.63, 3.8) is 0 Å². The highest BCUT2D eigenvalue weighted by Crippen LogP contribution is 2.51. The standard InChI is InChI=1S/C18H14Cl2N2O2/c19-12-5-3-4-11(8-12)14-9-16(23)22(20)10-18(14)13-6-1-2-7-15(13)21-17(18)24/h1-8,14H,9-10H2,(H,21,24). The van der Waals surface area contributed by atoms with Gasteiger partial charge in [0.15, 0.2) is 0 Å². The number of halogens is 2. The van der Waals surface area contributed by atoms with Crippen molar-refractivity contribution >= 4 is 40.9 Å². The number of nitrogens with zero attached hydrogens (tertiary/aromatic N) is 1. The largest absolute Gasteiger partial charge is 0.325 e. The molecule has 4 rings (SSSR count). The SMILES string of the molecule is O=C1CC(c2cccc(Cl)c2)C2(CN1Cl)C(=O)Nc1ccccc12. The Bertz CT molecular complexity index is 854. The van der Waals surface area contributed by atoms with Gasteiger partial charge in [0, 0.05) is 34.8 Å². The van der Waals surface area contributed by atoms with Crippen LogP contribution < -0.4 is 5.32 Å². The summed E-state index contributed by atoms with van der Waals surface area (Å²) in [5.74, 6) is -0.640. The molecule has 2 heterocycles. The van der Waals surface area contributed by atoms with E-state index in [2.05, 4.69) is 5.32 Å². The zero-order valence-corrected chi connectivity index (χ0v) is 14.1. The Hall–Kier alpha value is -2.04. The van der Waals surface area contributed by atoms with E-state index in [1.54, 1.807) is 6.07 Å². The maximum Gasteiger partial charge on any atom is 0.237 e. The Morgan fingerprint density at radius 3 is 2.71 bits per heavy atom. The Kier molecular flexibility index (Phi) is 3.55. The number of fused-ring (bicyclic) bond motifs is 2. The van der Waals surface area contributed by atoms with Crippen LogP contribution in [-0.2, 0) is 15.0 Å². The minimum Gasteiger partial charge on any atom is -0.325 e. The van der Waals surface area contributed by atoms with Crippen LogP contribution in [0, 0.1) is 0 Å². The molecule has 2 aliphatic heterocycles. The highest BCUT2D eigenvalue weighted by Gasteiger charge is 2.57. The third-order valence-electron chi connectivity index (χ3n) is 4.94. The molecule has 4 nitrogen and oxygen atoms in total. The van der Waals surface area contributed by atoms with E-state index < -0.39 is 5.41 Å². The third-order valence-corrected chi connectivity index (χ3v) is 5.49. The number of carbonyl (C=O) groups excluding carboxylic acids is 2. The quantitative estimate of drug-likeness (QED) is 0.788. The second-order valence-corrected chi connectivity index (χ2v) is 7.04. The van der Waals surface area contributed by atoms with Crippen LogP contribution in [0.5, 0.6) is 0 Å². The predicted octanol–water partition coefficient (Wildman–Crippen LogP) is 3.70. The van der Waals surface area contributed by atoms with E-state index in [4.69, 9.17) is 23.4 Å². The van der Waals surface area contributed by atoms with Crippen molar-refractivity contribution in [1.29, 1.82) is 0 Å². The minimum absolute atomic E-state index is 0.132. The highest BCUT2D eigenvalue weighted by atomic mass is 35.5. The molecule has 2 aromatic carbocycles. The molecule has 1 fully saturated rings. The third kappa shape index (κ3) is 2.14. The molecule has 2 atom stereocenters. The first kappa shape index (κ1) is 15.5. The smallest absolute Gasteiger partial charge is 0.237 e. The summed E-state index contributed by atoms with van der Waals surface area (Å²) in [6.45, 7) is 0.132. The molecule has 0 bridgehead atoms. The molecule has 1 saturated heterocycles. The summed E-state index contributed by atoms with van der Waals surface area (Å²) in [4.78, 5) is 25.2. The van der Waals surface area contributed by atoms with E-state index in [0.29, 0.717) is 5.02 Å². The molecule has 1 N–H and O–H groups in total. The number of rotatable bonds is 1. The van der Waals surface area contributed by atoms with Gasteiger partial charge in [-0.1, -0.05) is 41.9 Å². The lowest BCUT2D eigenvalue weighted by Crippen LogP contribution is -2.53. The van der Waals surface area contributed by atoms with Gasteiger partial charge in [-0.2, -0.15) is 0 Å². The summed E-state index contributed by atoms with van der Waals surface area (Å²) in [5, 5.41) is 3.52. The summed E-state index contributed by atoms with van der Waals surface area (Å²) >= 11 is 12.3. The molecular formula is C18H14Cl2N2O2. The summed E-state index contributed by atoms with van der Waals surface area (Å²) < 4.78 is 1.13. The van der Waals surface area contributed by atoms with E-state index in [-0.39, 0.29) is 30.7 Å². The molecule has 1 spiro atoms. The van der Waals surface area contributed by atoms with Crippen LogP contribution in [0.2, 0.25) is 5.02 Å². The van der Waals surface area contributed by atoms with Gasteiger partial charge in [-0.3, -0.25) is 14.0 Å². The summed E-state index contributed by atoms with van der Waals surface area (Å²) in [6.07, 6.45) is 0.158. The molecule has 0 aromatic heterocycles. The summed E-state index contributed by atoms with van der Waals surface area (Å²) in [7, 11) is 0. The van der Waals surface area contributed by atoms with Crippen LogP contribution in [0.4, 0.5) is 5.69 Å². The maximum atomic E-state index is 13.0. The number of piperidine rings is 1. The van der Waals surface area contributed by atoms with Gasteiger partial charge in [0.05, 0.1) is 6.54 Å². The molecular weight excluding hydrogens is 347 g/mol. The van der Waals surface area contributed by atoms with Gasteiger partial charge < -0.3 is 5.32 Å². The fourth-order valence-electron chi connectivity index (χ4n) is 3.83. The van der Waals surface area contributed by atoms with Crippen LogP contribution in [0.15, 0.2) is 48.5 Å². The zero-order valence-electron chi connectivity index (χ0n) is 12.6. The number of hydrogen-bond donors (Lipinski definition) is 1. The molecule has 0 saturated carbocycles. The van der Waals surface area contributed by atoms with Crippen molar-refractivity contribution in [3.8, 4) is 0 Å². The van der Waals surface area contributed by atoms with Crippen LogP contribution >= 0.6 is 23.4 Å². The molecule has 0 aliphatic carbocycles. The Morgan fingerprint density at radius 2 is 1.92 bits per heavy atom. The number of amides is 2. The minimum atomic E-state index is -0.906. The monoisotopic (exact) mass is 360 g/mol. The van der Waals surface area contributed by atoms with Gasteiger partial charge in [-0.15, -0.1) is 0 Å². The molecule has 0 radical (unpaired) electrons. The van der Waals surface area contributed by atoms with Crippen molar-refractivity contribution in [1.82, 2.24) is 4.42 Å². The Labute approximate surface area is 149 Å². The summed E-state index contributed by atoms with van der Waals surface area (Å²) in [5.41, 5.74) is 1.61. The number of carbonyl (C=O) groups is 2. The van der Waals surface area contributed by atoms with Gasteiger partial charge in [-0.25, -0.2) is 0 Å². The average Bonchev–Trinajstić information content (AvgIpc) is 2.84. The number of anilines is 1. The van der Waals surface area contributed by atoms with Gasteiger partial charge >= 0.3 is 0 Å². The topological polar surface area (TPSA) is 49.4 Å². The number of hydrogen-bond acceptors (Lipinski definition) is 2. The van der Waals surface area contributed by atoms with Gasteiger partial charge in [0.1, 0.15) is 5.41 Å². The van der Waals surface area contributed by atoms with Crippen LogP contribution in [-0.4, -0.2) is 22.8 Å². The molecule has 2 unspecified atom stereocenters. The molecule has 2 amide bonds. The van der Waals surface area contributed by atoms with Crippen molar-refractivity contribution in [2.24, 2.45) is 0 Å². The average molecular weight is 361 g/mol. The van der Waals surface area contributed by atoms with Crippen LogP contribution in [0.25, 0.3) is 0 Å². The second-order valence-electron chi connectivity index (χ2n) is 6.20. The van der Waals surface area contributed by atoms with Crippen molar-refractivity contribution in [3.05, 3.63) is 64.7 Å². The normalized spacial score (nSPS) is 25.8. The second kappa shape index (κ2) is 5.50. The van der Waals surface area contributed by atoms with Gasteiger partial charge in [0.25, 0.3) is 0 Å². The Morgan fingerprint density at radius 1 is 1.12 bits per heavy atom. The van der Waals surface area contributed by atoms with Crippen molar-refractivity contribution in [2.75, 3.05) is 11.9 Å². The van der Waals surface area contributed by atoms with E-state index >= 15 is 0 Å². The van der Waals surface area contributed by atoms with Gasteiger partial charge in [0.2, 0.25) is 11.8 Å². The Balaban J connectivity index is 1.93. The fraction of sp³-hybridized carbons (Fsp3) is 0.222. The zero-order chi connectivity index (χ0) is 16.9. The maximum absolute atomic E-state index is 13.0. The van der Waals surface area contributed by atoms with E-state index in [1.165, 1.54) is 0 Å². The number of benzene rings is 2. The van der Waals surface area contributed by atoms with Crippen LogP contribution in [0.1, 0.15) is 23.5 Å². The molecule has 6 heteroatoms. The number of para-hydroxylation sites is 1. The van der Waals surface area contributed by atoms with Crippen molar-refractivity contribution < 1.29 is 9.59 Å².